The molecule has 98 valence electrons. The van der Waals surface area contributed by atoms with Crippen molar-refractivity contribution in [2.24, 2.45) is 4.99 Å². The molecule has 0 aliphatic heterocycles. The normalized spacial score (nSPS) is 11.6. The fourth-order valence-corrected chi connectivity index (χ4v) is 1.64. The zero-order valence-corrected chi connectivity index (χ0v) is 10.4. The van der Waals surface area contributed by atoms with E-state index >= 15 is 0 Å². The van der Waals surface area contributed by atoms with Gasteiger partial charge in [0.25, 0.3) is 0 Å². The molecule has 0 radical (unpaired) electrons. The van der Waals surface area contributed by atoms with Crippen molar-refractivity contribution in [3.63, 3.8) is 0 Å². The lowest BCUT2D eigenvalue weighted by molar-refractivity contribution is 0.400. The van der Waals surface area contributed by atoms with Crippen molar-refractivity contribution in [2.45, 2.75) is 0 Å². The summed E-state index contributed by atoms with van der Waals surface area (Å²) in [6, 6.07) is 5.54. The number of ether oxygens (including phenoxy) is 1. The molecule has 5 heteroatoms. The molecule has 4 nitrogen and oxygen atoms in total. The maximum absolute atomic E-state index is 13.0. The molecule has 0 aliphatic carbocycles. The topological polar surface area (TPSA) is 51.8 Å². The van der Waals surface area contributed by atoms with Gasteiger partial charge in [-0.2, -0.15) is 0 Å². The third kappa shape index (κ3) is 2.70. The van der Waals surface area contributed by atoms with Crippen LogP contribution < -0.4 is 5.63 Å². The fraction of sp³-hybridized carbons (Fsp3) is 0.143. The Bertz CT molecular complexity index is 703. The first-order valence-electron chi connectivity index (χ1n) is 5.59. The minimum atomic E-state index is -0.622. The number of rotatable bonds is 3. The van der Waals surface area contributed by atoms with Gasteiger partial charge in [0, 0.05) is 11.5 Å². The molecule has 0 atom stereocenters. The minimum Gasteiger partial charge on any atom is -0.481 e. The number of hydrogen-bond acceptors (Lipinski definition) is 4. The van der Waals surface area contributed by atoms with Crippen LogP contribution >= 0.6 is 0 Å². The molecule has 0 amide bonds. The Balaban J connectivity index is 2.61. The van der Waals surface area contributed by atoms with Crippen molar-refractivity contribution < 1.29 is 13.5 Å². The van der Waals surface area contributed by atoms with Crippen LogP contribution in [0.25, 0.3) is 11.0 Å². The third-order valence-electron chi connectivity index (χ3n) is 2.49. The van der Waals surface area contributed by atoms with Gasteiger partial charge in [0.1, 0.15) is 17.0 Å². The largest absolute Gasteiger partial charge is 0.481 e. The number of nitrogens with zero attached hydrogens (tertiary/aromatic N) is 1. The van der Waals surface area contributed by atoms with E-state index < -0.39 is 11.4 Å². The molecule has 0 aliphatic rings. The number of halogens is 1. The molecular formula is C14H12FNO3. The van der Waals surface area contributed by atoms with E-state index in [9.17, 15) is 9.18 Å². The molecule has 1 aromatic carbocycles. The van der Waals surface area contributed by atoms with Crippen molar-refractivity contribution in [1.29, 1.82) is 0 Å². The van der Waals surface area contributed by atoms with Crippen molar-refractivity contribution in [1.82, 2.24) is 0 Å². The van der Waals surface area contributed by atoms with Crippen molar-refractivity contribution in [3.8, 4) is 0 Å². The second-order valence-corrected chi connectivity index (χ2v) is 3.77. The number of methoxy groups -OCH3 is 1. The number of aliphatic imine (C=N–C) groups is 1. The summed E-state index contributed by atoms with van der Waals surface area (Å²) in [5.74, 6) is -0.296. The Morgan fingerprint density at radius 1 is 1.53 bits per heavy atom. The zero-order valence-electron chi connectivity index (χ0n) is 10.4. The molecule has 0 saturated heterocycles. The van der Waals surface area contributed by atoms with Crippen LogP contribution in [-0.4, -0.2) is 19.6 Å². The van der Waals surface area contributed by atoms with E-state index in [1.807, 2.05) is 0 Å². The smallest absolute Gasteiger partial charge is 0.349 e. The van der Waals surface area contributed by atoms with Crippen LogP contribution in [0.5, 0.6) is 0 Å². The van der Waals surface area contributed by atoms with Gasteiger partial charge in [0.05, 0.1) is 13.7 Å². The number of hydrogen-bond donors (Lipinski definition) is 0. The average Bonchev–Trinajstić information content (AvgIpc) is 2.40. The molecule has 19 heavy (non-hydrogen) atoms. The third-order valence-corrected chi connectivity index (χ3v) is 2.49. The van der Waals surface area contributed by atoms with E-state index in [1.165, 1.54) is 19.2 Å². The predicted octanol–water partition coefficient (Wildman–Crippen LogP) is 2.51. The quantitative estimate of drug-likeness (QED) is 0.369. The van der Waals surface area contributed by atoms with Crippen LogP contribution in [0.1, 0.15) is 5.56 Å². The summed E-state index contributed by atoms with van der Waals surface area (Å²) in [5.41, 5.74) is -0.237. The Hall–Kier alpha value is -2.43. The van der Waals surface area contributed by atoms with Gasteiger partial charge in [-0.15, -0.1) is 6.58 Å². The van der Waals surface area contributed by atoms with Crippen LogP contribution in [0.4, 0.5) is 4.39 Å². The standard InChI is InChI=1S/C14H12FNO3/c1-3-6-16-13(18-2)11-7-9-4-5-10(15)8-12(9)19-14(11)17/h3-5,7-8H,1,6H2,2H3/b16-13-. The van der Waals surface area contributed by atoms with Crippen LogP contribution in [0, 0.1) is 5.82 Å². The van der Waals surface area contributed by atoms with E-state index in [2.05, 4.69) is 11.6 Å². The summed E-state index contributed by atoms with van der Waals surface area (Å²) in [6.45, 7) is 3.86. The highest BCUT2D eigenvalue weighted by Crippen LogP contribution is 2.15. The Kier molecular flexibility index (Phi) is 3.75. The monoisotopic (exact) mass is 261 g/mol. The zero-order chi connectivity index (χ0) is 13.8. The van der Waals surface area contributed by atoms with Crippen LogP contribution in [0.15, 0.2) is 51.1 Å². The summed E-state index contributed by atoms with van der Waals surface area (Å²) in [5, 5.41) is 0.597. The van der Waals surface area contributed by atoms with E-state index in [0.717, 1.165) is 6.07 Å². The molecule has 0 saturated carbocycles. The Morgan fingerprint density at radius 3 is 3.00 bits per heavy atom. The molecule has 0 spiro atoms. The Morgan fingerprint density at radius 2 is 2.32 bits per heavy atom. The molecule has 0 N–H and O–H groups in total. The highest BCUT2D eigenvalue weighted by molar-refractivity contribution is 5.96. The summed E-state index contributed by atoms with van der Waals surface area (Å²) in [7, 11) is 1.41. The molecule has 2 aromatic rings. The van der Waals surface area contributed by atoms with Gasteiger partial charge in [0.15, 0.2) is 0 Å². The van der Waals surface area contributed by atoms with Gasteiger partial charge in [-0.3, -0.25) is 0 Å². The van der Waals surface area contributed by atoms with Crippen LogP contribution in [0.3, 0.4) is 0 Å². The summed E-state index contributed by atoms with van der Waals surface area (Å²) in [4.78, 5) is 15.9. The van der Waals surface area contributed by atoms with E-state index in [1.54, 1.807) is 12.1 Å². The summed E-state index contributed by atoms with van der Waals surface area (Å²) < 4.78 is 23.2. The van der Waals surface area contributed by atoms with E-state index in [-0.39, 0.29) is 17.0 Å². The van der Waals surface area contributed by atoms with Crippen LogP contribution in [0.2, 0.25) is 0 Å². The minimum absolute atomic E-state index is 0.167. The van der Waals surface area contributed by atoms with Gasteiger partial charge in [-0.05, 0) is 18.2 Å². The SMILES string of the molecule is C=CC/N=C(\OC)c1cc2ccc(F)cc2oc1=O. The molecule has 0 fully saturated rings. The Labute approximate surface area is 108 Å². The lowest BCUT2D eigenvalue weighted by Gasteiger charge is -2.04. The molecule has 0 unspecified atom stereocenters. The lowest BCUT2D eigenvalue weighted by Crippen LogP contribution is -2.16. The second-order valence-electron chi connectivity index (χ2n) is 3.77. The first-order valence-corrected chi connectivity index (χ1v) is 5.59. The van der Waals surface area contributed by atoms with Gasteiger partial charge in [-0.1, -0.05) is 6.08 Å². The van der Waals surface area contributed by atoms with Gasteiger partial charge in [0.2, 0.25) is 5.90 Å². The summed E-state index contributed by atoms with van der Waals surface area (Å²) >= 11 is 0. The number of fused-ring (bicyclic) bond motifs is 1. The second kappa shape index (κ2) is 5.48. The van der Waals surface area contributed by atoms with Crippen molar-refractivity contribution in [3.05, 3.63) is 58.7 Å². The van der Waals surface area contributed by atoms with Crippen molar-refractivity contribution >= 4 is 16.9 Å². The van der Waals surface area contributed by atoms with Gasteiger partial charge in [-0.25, -0.2) is 14.2 Å². The first kappa shape index (κ1) is 13.0. The predicted molar refractivity (Wildman–Crippen MR) is 71.1 cm³/mol. The van der Waals surface area contributed by atoms with Gasteiger partial charge < -0.3 is 9.15 Å². The lowest BCUT2D eigenvalue weighted by atomic mass is 10.2. The van der Waals surface area contributed by atoms with Crippen molar-refractivity contribution in [2.75, 3.05) is 13.7 Å². The number of benzene rings is 1. The van der Waals surface area contributed by atoms with Crippen LogP contribution in [-0.2, 0) is 4.74 Å². The van der Waals surface area contributed by atoms with E-state index in [4.69, 9.17) is 9.15 Å². The van der Waals surface area contributed by atoms with Gasteiger partial charge >= 0.3 is 5.63 Å². The first-order chi connectivity index (χ1) is 9.15. The molecule has 1 aromatic heterocycles. The maximum atomic E-state index is 13.0. The highest BCUT2D eigenvalue weighted by Gasteiger charge is 2.12. The molecular weight excluding hydrogens is 249 g/mol. The molecule has 1 heterocycles. The summed E-state index contributed by atoms with van der Waals surface area (Å²) in [6.07, 6.45) is 1.58. The average molecular weight is 261 g/mol. The molecule has 2 rings (SSSR count). The van der Waals surface area contributed by atoms with E-state index in [0.29, 0.717) is 11.9 Å². The molecule has 0 bridgehead atoms. The highest BCUT2D eigenvalue weighted by atomic mass is 19.1. The fourth-order valence-electron chi connectivity index (χ4n) is 1.64. The maximum Gasteiger partial charge on any atom is 0.349 e.